The largest absolute Gasteiger partial charge is 0.469 e. The summed E-state index contributed by atoms with van der Waals surface area (Å²) in [6.07, 6.45) is 2.31. The Bertz CT molecular complexity index is 751. The Morgan fingerprint density at radius 2 is 2.08 bits per heavy atom. The molecule has 1 aliphatic heterocycles. The quantitative estimate of drug-likeness (QED) is 0.578. The zero-order valence-electron chi connectivity index (χ0n) is 14.1. The standard InChI is InChI=1S/C17H19F2N3O4/c1-20-17(21-5-4-12-3-2-6-23-12)22-9-11-7-14-15(25-10-24-14)8-13(11)26-16(18)19/h2-3,6-8,16H,4-5,9-10H2,1H3,(H2,20,21,22). The van der Waals surface area contributed by atoms with E-state index in [1.165, 1.54) is 6.07 Å². The van der Waals surface area contributed by atoms with Crippen LogP contribution in [0.3, 0.4) is 0 Å². The second-order valence-corrected chi connectivity index (χ2v) is 5.37. The second kappa shape index (κ2) is 8.41. The van der Waals surface area contributed by atoms with Gasteiger partial charge in [-0.1, -0.05) is 0 Å². The number of hydrogen-bond acceptors (Lipinski definition) is 5. The lowest BCUT2D eigenvalue weighted by molar-refractivity contribution is -0.0505. The van der Waals surface area contributed by atoms with E-state index in [0.717, 1.165) is 5.76 Å². The van der Waals surface area contributed by atoms with Crippen molar-refractivity contribution in [3.05, 3.63) is 41.9 Å². The summed E-state index contributed by atoms with van der Waals surface area (Å²) in [4.78, 5) is 4.10. The fourth-order valence-electron chi connectivity index (χ4n) is 2.47. The molecule has 0 unspecified atom stereocenters. The molecule has 1 aromatic carbocycles. The van der Waals surface area contributed by atoms with Gasteiger partial charge < -0.3 is 29.3 Å². The van der Waals surface area contributed by atoms with Gasteiger partial charge in [0.2, 0.25) is 6.79 Å². The zero-order valence-corrected chi connectivity index (χ0v) is 14.1. The molecular weight excluding hydrogens is 348 g/mol. The van der Waals surface area contributed by atoms with Crippen LogP contribution in [0.15, 0.2) is 39.9 Å². The van der Waals surface area contributed by atoms with Crippen LogP contribution >= 0.6 is 0 Å². The molecule has 0 radical (unpaired) electrons. The molecule has 0 saturated carbocycles. The molecule has 2 aromatic rings. The van der Waals surface area contributed by atoms with Gasteiger partial charge in [0, 0.05) is 38.2 Å². The number of halogens is 2. The van der Waals surface area contributed by atoms with Crippen molar-refractivity contribution >= 4 is 5.96 Å². The number of alkyl halides is 2. The summed E-state index contributed by atoms with van der Waals surface area (Å²) in [7, 11) is 1.62. The van der Waals surface area contributed by atoms with Crippen LogP contribution in [0.1, 0.15) is 11.3 Å². The number of aliphatic imine (C=N–C) groups is 1. The summed E-state index contributed by atoms with van der Waals surface area (Å²) in [5, 5.41) is 6.18. The number of guanidine groups is 1. The number of furan rings is 1. The van der Waals surface area contributed by atoms with Gasteiger partial charge in [-0.3, -0.25) is 4.99 Å². The lowest BCUT2D eigenvalue weighted by Gasteiger charge is -2.15. The van der Waals surface area contributed by atoms with Gasteiger partial charge in [-0.25, -0.2) is 0 Å². The van der Waals surface area contributed by atoms with Crippen molar-refractivity contribution in [3.63, 3.8) is 0 Å². The summed E-state index contributed by atoms with van der Waals surface area (Å²) in [5.74, 6) is 2.28. The van der Waals surface area contributed by atoms with Crippen LogP contribution in [-0.2, 0) is 13.0 Å². The zero-order chi connectivity index (χ0) is 18.4. The van der Waals surface area contributed by atoms with Gasteiger partial charge in [0.05, 0.1) is 6.26 Å². The predicted octanol–water partition coefficient (Wildman–Crippen LogP) is 2.52. The summed E-state index contributed by atoms with van der Waals surface area (Å²) >= 11 is 0. The lowest BCUT2D eigenvalue weighted by Crippen LogP contribution is -2.37. The van der Waals surface area contributed by atoms with Crippen molar-refractivity contribution in [2.24, 2.45) is 4.99 Å². The lowest BCUT2D eigenvalue weighted by atomic mass is 10.1. The molecule has 26 heavy (non-hydrogen) atoms. The van der Waals surface area contributed by atoms with E-state index in [2.05, 4.69) is 20.4 Å². The van der Waals surface area contributed by atoms with Crippen LogP contribution in [0.4, 0.5) is 8.78 Å². The minimum atomic E-state index is -2.93. The van der Waals surface area contributed by atoms with Crippen LogP contribution in [0.2, 0.25) is 0 Å². The Morgan fingerprint density at radius 3 is 2.77 bits per heavy atom. The number of ether oxygens (including phenoxy) is 3. The molecule has 9 heteroatoms. The maximum absolute atomic E-state index is 12.7. The van der Waals surface area contributed by atoms with E-state index in [9.17, 15) is 8.78 Å². The third kappa shape index (κ3) is 4.56. The third-order valence-electron chi connectivity index (χ3n) is 3.69. The molecular formula is C17H19F2N3O4. The normalized spacial score (nSPS) is 13.2. The topological polar surface area (TPSA) is 77.3 Å². The van der Waals surface area contributed by atoms with Crippen molar-refractivity contribution in [1.82, 2.24) is 10.6 Å². The molecule has 0 spiro atoms. The molecule has 0 aliphatic carbocycles. The van der Waals surface area contributed by atoms with Crippen molar-refractivity contribution < 1.29 is 27.4 Å². The molecule has 0 atom stereocenters. The highest BCUT2D eigenvalue weighted by atomic mass is 19.3. The first-order valence-corrected chi connectivity index (χ1v) is 8.00. The van der Waals surface area contributed by atoms with Gasteiger partial charge in [-0.15, -0.1) is 0 Å². The summed E-state index contributed by atoms with van der Waals surface area (Å²) in [6.45, 7) is -2.05. The number of nitrogens with zero attached hydrogens (tertiary/aromatic N) is 1. The Morgan fingerprint density at radius 1 is 1.27 bits per heavy atom. The Kier molecular flexibility index (Phi) is 5.77. The van der Waals surface area contributed by atoms with Crippen LogP contribution < -0.4 is 24.8 Å². The fourth-order valence-corrected chi connectivity index (χ4v) is 2.47. The number of benzene rings is 1. The summed E-state index contributed by atoms with van der Waals surface area (Å²) in [6, 6.07) is 6.73. The fraction of sp³-hybridized carbons (Fsp3) is 0.353. The number of hydrogen-bond donors (Lipinski definition) is 2. The first-order chi connectivity index (χ1) is 12.7. The number of rotatable bonds is 7. The average Bonchev–Trinajstić information content (AvgIpc) is 3.28. The first kappa shape index (κ1) is 17.8. The van der Waals surface area contributed by atoms with Crippen LogP contribution in [-0.4, -0.2) is 33.0 Å². The van der Waals surface area contributed by atoms with Gasteiger partial charge in [-0.05, 0) is 18.2 Å². The van der Waals surface area contributed by atoms with Gasteiger partial charge in [0.1, 0.15) is 11.5 Å². The predicted molar refractivity (Wildman–Crippen MR) is 89.8 cm³/mol. The molecule has 0 bridgehead atoms. The molecule has 1 aliphatic rings. The highest BCUT2D eigenvalue weighted by Gasteiger charge is 2.20. The van der Waals surface area contributed by atoms with Crippen LogP contribution in [0.25, 0.3) is 0 Å². The van der Waals surface area contributed by atoms with E-state index in [1.54, 1.807) is 19.4 Å². The van der Waals surface area contributed by atoms with E-state index in [-0.39, 0.29) is 19.1 Å². The molecule has 140 valence electrons. The third-order valence-corrected chi connectivity index (χ3v) is 3.69. The summed E-state index contributed by atoms with van der Waals surface area (Å²) in [5.41, 5.74) is 0.503. The average molecular weight is 367 g/mol. The van der Waals surface area contributed by atoms with Crippen molar-refractivity contribution in [1.29, 1.82) is 0 Å². The van der Waals surface area contributed by atoms with Gasteiger partial charge in [-0.2, -0.15) is 8.78 Å². The van der Waals surface area contributed by atoms with Gasteiger partial charge in [0.25, 0.3) is 0 Å². The number of fused-ring (bicyclic) bond motifs is 1. The van der Waals surface area contributed by atoms with Crippen molar-refractivity contribution in [3.8, 4) is 17.2 Å². The smallest absolute Gasteiger partial charge is 0.387 e. The molecule has 1 aromatic heterocycles. The molecule has 0 fully saturated rings. The van der Waals surface area contributed by atoms with Gasteiger partial charge in [0.15, 0.2) is 17.5 Å². The second-order valence-electron chi connectivity index (χ2n) is 5.37. The highest BCUT2D eigenvalue weighted by molar-refractivity contribution is 5.79. The highest BCUT2D eigenvalue weighted by Crippen LogP contribution is 2.38. The summed E-state index contributed by atoms with van der Waals surface area (Å²) < 4.78 is 45.7. The maximum Gasteiger partial charge on any atom is 0.387 e. The Balaban J connectivity index is 1.60. The van der Waals surface area contributed by atoms with Crippen LogP contribution in [0, 0.1) is 0 Å². The Hall–Kier alpha value is -2.97. The molecule has 3 rings (SSSR count). The number of nitrogens with one attached hydrogen (secondary N) is 2. The Labute approximate surface area is 148 Å². The molecule has 7 nitrogen and oxygen atoms in total. The molecule has 2 N–H and O–H groups in total. The van der Waals surface area contributed by atoms with Crippen molar-refractivity contribution in [2.45, 2.75) is 19.6 Å². The monoisotopic (exact) mass is 367 g/mol. The van der Waals surface area contributed by atoms with Crippen molar-refractivity contribution in [2.75, 3.05) is 20.4 Å². The molecule has 0 amide bonds. The van der Waals surface area contributed by atoms with E-state index >= 15 is 0 Å². The van der Waals surface area contributed by atoms with E-state index in [0.29, 0.717) is 36.0 Å². The molecule has 2 heterocycles. The SMILES string of the molecule is CN=C(NCCc1ccco1)NCc1cc2c(cc1OC(F)F)OCO2. The minimum absolute atomic E-state index is 0.0304. The van der Waals surface area contributed by atoms with Crippen LogP contribution in [0.5, 0.6) is 17.2 Å². The van der Waals surface area contributed by atoms with Gasteiger partial charge >= 0.3 is 6.61 Å². The van der Waals surface area contributed by atoms with E-state index in [1.807, 2.05) is 12.1 Å². The minimum Gasteiger partial charge on any atom is -0.469 e. The molecule has 0 saturated heterocycles. The van der Waals surface area contributed by atoms with E-state index in [4.69, 9.17) is 13.9 Å². The maximum atomic E-state index is 12.7. The first-order valence-electron chi connectivity index (χ1n) is 8.00. The van der Waals surface area contributed by atoms with E-state index < -0.39 is 6.61 Å².